The number of hydrogen-bond donors (Lipinski definition) is 7. The fourth-order valence-electron chi connectivity index (χ4n) is 6.49. The number of benzene rings is 1. The van der Waals surface area contributed by atoms with Crippen LogP contribution in [0.5, 0.6) is 0 Å². The van der Waals surface area contributed by atoms with E-state index in [2.05, 4.69) is 15.6 Å². The Labute approximate surface area is 351 Å². The van der Waals surface area contributed by atoms with Gasteiger partial charge in [0.2, 0.25) is 17.7 Å². The zero-order valence-electron chi connectivity index (χ0n) is 33.6. The van der Waals surface area contributed by atoms with Crippen molar-refractivity contribution in [2.75, 3.05) is 26.9 Å². The third-order valence-corrected chi connectivity index (χ3v) is 11.8. The molecule has 3 aromatic rings. The molecule has 4 rings (SSSR count). The van der Waals surface area contributed by atoms with Crippen LogP contribution in [-0.4, -0.2) is 105 Å². The van der Waals surface area contributed by atoms with Crippen LogP contribution in [0.4, 0.5) is 4.79 Å². The van der Waals surface area contributed by atoms with Crippen molar-refractivity contribution < 1.29 is 62.5 Å². The fraction of sp³-hybridized carbons (Fsp3) is 0.564. The first-order chi connectivity index (χ1) is 28.7. The number of aromatic nitrogens is 2. The minimum absolute atomic E-state index is 0.0200. The molecule has 21 heteroatoms. The molecule has 0 spiro atoms. The number of furan rings is 1. The van der Waals surface area contributed by atoms with Crippen LogP contribution in [0.2, 0.25) is 0 Å². The van der Waals surface area contributed by atoms with Gasteiger partial charge in [-0.25, -0.2) is 14.2 Å². The van der Waals surface area contributed by atoms with E-state index in [0.29, 0.717) is 43.4 Å². The molecule has 1 saturated heterocycles. The van der Waals surface area contributed by atoms with Gasteiger partial charge in [0.05, 0.1) is 12.8 Å². The molecule has 7 N–H and O–H groups in total. The number of aromatic amines is 1. The second kappa shape index (κ2) is 24.3. The van der Waals surface area contributed by atoms with E-state index in [-0.39, 0.29) is 43.3 Å². The second-order valence-electron chi connectivity index (χ2n) is 14.2. The number of aliphatic hydroxyl groups excluding tert-OH is 3. The van der Waals surface area contributed by atoms with Gasteiger partial charge in [0.15, 0.2) is 19.4 Å². The Bertz CT molecular complexity index is 2010. The molecule has 1 aliphatic rings. The molecule has 1 aliphatic heterocycles. The molecule has 1 fully saturated rings. The molecule has 0 aliphatic carbocycles. The highest BCUT2D eigenvalue weighted by atomic mass is 32.5. The molecule has 0 bridgehead atoms. The Morgan fingerprint density at radius 3 is 2.37 bits per heavy atom. The highest BCUT2D eigenvalue weighted by Crippen LogP contribution is 2.48. The van der Waals surface area contributed by atoms with Crippen molar-refractivity contribution in [2.45, 2.75) is 115 Å². The Hall–Kier alpha value is -4.24. The monoisotopic (exact) mass is 882 g/mol. The number of amides is 2. The molecular formula is C39H55N4O15PS. The van der Waals surface area contributed by atoms with Gasteiger partial charge in [0.1, 0.15) is 36.7 Å². The molecule has 2 amide bonds. The minimum atomic E-state index is -3.37. The smallest absolute Gasteiger partial charge is 0.440 e. The first-order valence-electron chi connectivity index (χ1n) is 19.7. The molecule has 6 atom stereocenters. The second-order valence-corrected chi connectivity index (χ2v) is 17.9. The van der Waals surface area contributed by atoms with Crippen molar-refractivity contribution in [1.29, 1.82) is 0 Å². The number of hydrogen-bond acceptors (Lipinski definition) is 15. The maximum Gasteiger partial charge on any atom is 0.509 e. The van der Waals surface area contributed by atoms with Crippen LogP contribution in [0.15, 0.2) is 56.6 Å². The number of H-pyrrole nitrogens is 1. The molecule has 60 heavy (non-hydrogen) atoms. The van der Waals surface area contributed by atoms with E-state index in [1.165, 1.54) is 20.2 Å². The number of rotatable bonds is 24. The van der Waals surface area contributed by atoms with E-state index in [0.717, 1.165) is 41.9 Å². The van der Waals surface area contributed by atoms with Gasteiger partial charge in [-0.05, 0) is 49.5 Å². The summed E-state index contributed by atoms with van der Waals surface area (Å²) in [5.74, 6) is -0.369. The van der Waals surface area contributed by atoms with E-state index in [1.807, 2.05) is 6.07 Å². The van der Waals surface area contributed by atoms with E-state index in [4.69, 9.17) is 39.7 Å². The molecule has 1 unspecified atom stereocenters. The van der Waals surface area contributed by atoms with Crippen molar-refractivity contribution in [3.8, 4) is 5.88 Å². The summed E-state index contributed by atoms with van der Waals surface area (Å²) in [6.45, 7) is -2.45. The molecule has 19 nitrogen and oxygen atoms in total. The van der Waals surface area contributed by atoms with Crippen LogP contribution in [0.3, 0.4) is 0 Å². The van der Waals surface area contributed by atoms with Gasteiger partial charge in [-0.3, -0.25) is 19.4 Å². The van der Waals surface area contributed by atoms with Crippen molar-refractivity contribution in [3.05, 3.63) is 85.9 Å². The van der Waals surface area contributed by atoms with E-state index in [9.17, 15) is 44.2 Å². The molecule has 0 saturated carbocycles. The number of aliphatic hydroxyl groups is 3. The lowest BCUT2D eigenvalue weighted by atomic mass is 9.97. The lowest BCUT2D eigenvalue weighted by molar-refractivity contribution is -0.270. The summed E-state index contributed by atoms with van der Waals surface area (Å²) in [5.41, 5.74) is 0.351. The Kier molecular flexibility index (Phi) is 19.6. The van der Waals surface area contributed by atoms with E-state index >= 15 is 0 Å². The zero-order valence-corrected chi connectivity index (χ0v) is 35.3. The SMILES string of the molecule is COP(O)(=S)Cc1c(COC(=O)OCc2ccccc2)oc(-n2ccc(=O)[nH]c2=O)c1CCCCCCCNC(=O)CCCCO[C@@H]1O[C@H](CO)[C@H](O)[C@H](O)[C@H]1NC(C)=O. The summed E-state index contributed by atoms with van der Waals surface area (Å²) in [7, 11) is 1.29. The quantitative estimate of drug-likeness (QED) is 0.0386. The van der Waals surface area contributed by atoms with E-state index in [1.54, 1.807) is 24.3 Å². The Morgan fingerprint density at radius 2 is 1.67 bits per heavy atom. The summed E-state index contributed by atoms with van der Waals surface area (Å²) in [6.07, 6.45) is 0.554. The average molecular weight is 883 g/mol. The van der Waals surface area contributed by atoms with Gasteiger partial charge >= 0.3 is 11.8 Å². The number of ether oxygens (including phenoxy) is 4. The first kappa shape index (κ1) is 48.4. The topological polar surface area (TPSA) is 270 Å². The molecule has 3 heterocycles. The van der Waals surface area contributed by atoms with Crippen molar-refractivity contribution in [2.24, 2.45) is 0 Å². The van der Waals surface area contributed by atoms with Gasteiger partial charge < -0.3 is 58.7 Å². The van der Waals surface area contributed by atoms with Crippen LogP contribution >= 0.6 is 6.49 Å². The van der Waals surface area contributed by atoms with Crippen LogP contribution in [0.25, 0.3) is 5.88 Å². The van der Waals surface area contributed by atoms with Crippen LogP contribution < -0.4 is 21.9 Å². The fourth-order valence-corrected chi connectivity index (χ4v) is 7.77. The van der Waals surface area contributed by atoms with Crippen LogP contribution in [0.1, 0.15) is 80.7 Å². The van der Waals surface area contributed by atoms with Gasteiger partial charge in [0.25, 0.3) is 5.56 Å². The summed E-state index contributed by atoms with van der Waals surface area (Å²) in [4.78, 5) is 74.3. The van der Waals surface area contributed by atoms with Crippen LogP contribution in [-0.2, 0) is 70.7 Å². The molecule has 332 valence electrons. The maximum absolute atomic E-state index is 12.9. The number of carbonyl (C=O) groups excluding carboxylic acids is 3. The molecular weight excluding hydrogens is 827 g/mol. The predicted molar refractivity (Wildman–Crippen MR) is 219 cm³/mol. The minimum Gasteiger partial charge on any atom is -0.440 e. The van der Waals surface area contributed by atoms with Gasteiger partial charge in [-0.2, -0.15) is 0 Å². The summed E-state index contributed by atoms with van der Waals surface area (Å²) < 4.78 is 34.3. The average Bonchev–Trinajstić information content (AvgIpc) is 3.54. The molecule has 2 aromatic heterocycles. The van der Waals surface area contributed by atoms with Crippen molar-refractivity contribution >= 4 is 36.3 Å². The van der Waals surface area contributed by atoms with Crippen molar-refractivity contribution in [3.63, 3.8) is 0 Å². The zero-order chi connectivity index (χ0) is 43.7. The summed E-state index contributed by atoms with van der Waals surface area (Å²) in [5, 5.41) is 35.4. The van der Waals surface area contributed by atoms with Gasteiger partial charge in [0, 0.05) is 57.0 Å². The number of unbranched alkanes of at least 4 members (excludes halogenated alkanes) is 5. The Morgan fingerprint density at radius 1 is 0.950 bits per heavy atom. The van der Waals surface area contributed by atoms with E-state index < -0.39 is 73.7 Å². The number of nitrogens with zero attached hydrogens (tertiary/aromatic N) is 1. The van der Waals surface area contributed by atoms with Gasteiger partial charge in [-0.15, -0.1) is 0 Å². The van der Waals surface area contributed by atoms with Crippen LogP contribution in [0, 0.1) is 0 Å². The normalized spacial score (nSPS) is 19.9. The van der Waals surface area contributed by atoms with Gasteiger partial charge in [-0.1, -0.05) is 49.6 Å². The largest absolute Gasteiger partial charge is 0.509 e. The summed E-state index contributed by atoms with van der Waals surface area (Å²) >= 11 is 5.33. The third-order valence-electron chi connectivity index (χ3n) is 9.64. The number of carbonyl (C=O) groups is 3. The highest BCUT2D eigenvalue weighted by Gasteiger charge is 2.45. The maximum atomic E-state index is 12.9. The lowest BCUT2D eigenvalue weighted by Crippen LogP contribution is -2.64. The number of nitrogens with one attached hydrogen (secondary N) is 3. The highest BCUT2D eigenvalue weighted by molar-refractivity contribution is 8.09. The molecule has 1 aromatic carbocycles. The molecule has 0 radical (unpaired) electrons. The predicted octanol–water partition coefficient (Wildman–Crippen LogP) is 2.16. The lowest BCUT2D eigenvalue weighted by Gasteiger charge is -2.42. The summed E-state index contributed by atoms with van der Waals surface area (Å²) in [6, 6.07) is 9.16. The third kappa shape index (κ3) is 15.0. The Balaban J connectivity index is 1.25. The van der Waals surface area contributed by atoms with Crippen molar-refractivity contribution in [1.82, 2.24) is 20.2 Å². The standard InChI is InChI=1S/C39H55N4O15PS/c1-25(45)41-33-35(49)34(48)29(21-44)58-37(33)54-20-12-10-16-31(46)40-18-11-5-3-4-9-15-27-28(24-59(52,60)53-2)30(57-36(27)43-19-17-32(47)42-38(43)50)23-56-39(51)55-22-26-13-7-6-8-14-26/h6-8,13-14,17,19,29,33-35,37,44,48-49H,3-5,9-12,15-16,18,20-24H2,1-2H3,(H,40,46)(H,41,45)(H,52,60)(H,42,47,50)/t29-,33-,34+,35-,37-,59?/m1/s1. The first-order valence-corrected chi connectivity index (χ1v) is 22.5.